The molecule has 0 spiro atoms. The molecule has 1 aliphatic heterocycles. The zero-order chi connectivity index (χ0) is 13.3. The highest BCUT2D eigenvalue weighted by atomic mass is 16.2. The van der Waals surface area contributed by atoms with E-state index >= 15 is 0 Å². The minimum atomic E-state index is 0.149. The minimum Gasteiger partial charge on any atom is -0.336 e. The summed E-state index contributed by atoms with van der Waals surface area (Å²) in [6, 6.07) is 0.802. The van der Waals surface area contributed by atoms with Crippen LogP contribution in [0.5, 0.6) is 0 Å². The lowest BCUT2D eigenvalue weighted by atomic mass is 9.52. The molecule has 0 aromatic rings. The third-order valence-corrected chi connectivity index (χ3v) is 6.80. The van der Waals surface area contributed by atoms with Gasteiger partial charge in [-0.2, -0.15) is 0 Å². The van der Waals surface area contributed by atoms with Crippen molar-refractivity contribution in [3.05, 3.63) is 0 Å². The van der Waals surface area contributed by atoms with Crippen LogP contribution in [-0.4, -0.2) is 35.0 Å². The molecule has 6 aliphatic rings. The lowest BCUT2D eigenvalue weighted by Crippen LogP contribution is -2.61. The maximum Gasteiger partial charge on any atom is 0.240 e. The smallest absolute Gasteiger partial charge is 0.240 e. The summed E-state index contributed by atoms with van der Waals surface area (Å²) in [6.07, 6.45) is 12.0. The third kappa shape index (κ3) is 1.71. The van der Waals surface area contributed by atoms with Crippen molar-refractivity contribution in [3.63, 3.8) is 0 Å². The highest BCUT2D eigenvalue weighted by Crippen LogP contribution is 2.58. The van der Waals surface area contributed by atoms with Crippen molar-refractivity contribution >= 4 is 5.91 Å². The van der Waals surface area contributed by atoms with E-state index in [-0.39, 0.29) is 11.6 Å². The average Bonchev–Trinajstić information content (AvgIpc) is 3.12. The van der Waals surface area contributed by atoms with Crippen LogP contribution < -0.4 is 5.32 Å². The number of carbonyl (C=O) groups excluding carboxylic acids is 1. The Morgan fingerprint density at radius 2 is 1.55 bits per heavy atom. The molecule has 3 heteroatoms. The molecular weight excluding hydrogens is 248 g/mol. The number of rotatable bonds is 3. The van der Waals surface area contributed by atoms with Gasteiger partial charge in [0.25, 0.3) is 0 Å². The topological polar surface area (TPSA) is 32.3 Å². The first-order valence-corrected chi connectivity index (χ1v) is 8.79. The first kappa shape index (κ1) is 12.0. The molecule has 3 nitrogen and oxygen atoms in total. The molecule has 1 saturated heterocycles. The summed E-state index contributed by atoms with van der Waals surface area (Å²) < 4.78 is 0. The van der Waals surface area contributed by atoms with E-state index in [0.717, 1.165) is 30.7 Å². The molecule has 6 fully saturated rings. The molecule has 4 bridgehead atoms. The molecule has 1 unspecified atom stereocenters. The van der Waals surface area contributed by atoms with Crippen LogP contribution >= 0.6 is 0 Å². The number of likely N-dealkylation sites (tertiary alicyclic amines) is 1. The first-order valence-electron chi connectivity index (χ1n) is 8.79. The molecular formula is C17H26N2O. The third-order valence-electron chi connectivity index (χ3n) is 6.80. The fraction of sp³-hybridized carbons (Fsp3) is 0.941. The number of carbonyl (C=O) groups is 1. The quantitative estimate of drug-likeness (QED) is 0.856. The van der Waals surface area contributed by atoms with E-state index in [0.29, 0.717) is 11.9 Å². The van der Waals surface area contributed by atoms with Crippen LogP contribution in [0, 0.1) is 17.8 Å². The monoisotopic (exact) mass is 274 g/mol. The van der Waals surface area contributed by atoms with Gasteiger partial charge in [0.15, 0.2) is 0 Å². The second-order valence-corrected chi connectivity index (χ2v) is 8.41. The molecule has 1 amide bonds. The molecule has 5 saturated carbocycles. The van der Waals surface area contributed by atoms with E-state index < -0.39 is 0 Å². The van der Waals surface area contributed by atoms with Gasteiger partial charge < -0.3 is 10.2 Å². The Hall–Kier alpha value is -0.570. The molecule has 1 atom stereocenters. The van der Waals surface area contributed by atoms with Gasteiger partial charge in [0, 0.05) is 18.1 Å². The van der Waals surface area contributed by atoms with Crippen molar-refractivity contribution in [3.8, 4) is 0 Å². The Bertz CT molecular complexity index is 407. The van der Waals surface area contributed by atoms with Crippen LogP contribution in [0.3, 0.4) is 0 Å². The summed E-state index contributed by atoms with van der Waals surface area (Å²) in [4.78, 5) is 15.2. The maximum absolute atomic E-state index is 12.8. The standard InChI is InChI=1S/C17H26N2O/c20-16-15(18-14-1-2-14)3-4-19(16)17-8-11-5-12(9-17)7-13(6-11)10-17/h11-15,18H,1-10H2. The molecule has 0 aromatic carbocycles. The first-order chi connectivity index (χ1) is 9.72. The molecule has 0 aromatic heterocycles. The highest BCUT2D eigenvalue weighted by molar-refractivity contribution is 5.85. The minimum absolute atomic E-state index is 0.149. The summed E-state index contributed by atoms with van der Waals surface area (Å²) in [5.41, 5.74) is 0.284. The van der Waals surface area contributed by atoms with E-state index in [1.807, 2.05) is 0 Å². The molecule has 0 radical (unpaired) electrons. The summed E-state index contributed by atoms with van der Waals surface area (Å²) in [5.74, 6) is 3.25. The van der Waals surface area contributed by atoms with Crippen molar-refractivity contribution in [2.75, 3.05) is 6.54 Å². The van der Waals surface area contributed by atoms with Gasteiger partial charge in [-0.1, -0.05) is 0 Å². The van der Waals surface area contributed by atoms with Crippen LogP contribution in [0.25, 0.3) is 0 Å². The number of amides is 1. The second-order valence-electron chi connectivity index (χ2n) is 8.41. The van der Waals surface area contributed by atoms with Crippen molar-refractivity contribution < 1.29 is 4.79 Å². The van der Waals surface area contributed by atoms with Gasteiger partial charge in [0.05, 0.1) is 6.04 Å². The van der Waals surface area contributed by atoms with Crippen LogP contribution in [0.15, 0.2) is 0 Å². The van der Waals surface area contributed by atoms with Gasteiger partial charge in [-0.05, 0) is 75.5 Å². The van der Waals surface area contributed by atoms with Crippen molar-refractivity contribution in [1.82, 2.24) is 10.2 Å². The number of hydrogen-bond acceptors (Lipinski definition) is 2. The number of nitrogens with one attached hydrogen (secondary N) is 1. The molecule has 6 rings (SSSR count). The highest BCUT2D eigenvalue weighted by Gasteiger charge is 2.56. The van der Waals surface area contributed by atoms with Crippen LogP contribution in [-0.2, 0) is 4.79 Å². The van der Waals surface area contributed by atoms with Crippen LogP contribution in [0.4, 0.5) is 0 Å². The molecule has 1 heterocycles. The molecule has 1 N–H and O–H groups in total. The Morgan fingerprint density at radius 1 is 0.950 bits per heavy atom. The van der Waals surface area contributed by atoms with Gasteiger partial charge in [0.1, 0.15) is 0 Å². The van der Waals surface area contributed by atoms with Gasteiger partial charge >= 0.3 is 0 Å². The number of nitrogens with zero attached hydrogens (tertiary/aromatic N) is 1. The van der Waals surface area contributed by atoms with Gasteiger partial charge in [-0.3, -0.25) is 4.79 Å². The summed E-state index contributed by atoms with van der Waals surface area (Å²) in [5, 5.41) is 3.57. The fourth-order valence-corrected chi connectivity index (χ4v) is 6.24. The predicted octanol–water partition coefficient (Wildman–Crippen LogP) is 2.31. The summed E-state index contributed by atoms with van der Waals surface area (Å²) in [7, 11) is 0. The Balaban J connectivity index is 1.38. The van der Waals surface area contributed by atoms with Crippen molar-refractivity contribution in [2.24, 2.45) is 17.8 Å². The Morgan fingerprint density at radius 3 is 2.10 bits per heavy atom. The second kappa shape index (κ2) is 4.00. The Labute approximate surface area is 121 Å². The zero-order valence-corrected chi connectivity index (χ0v) is 12.3. The van der Waals surface area contributed by atoms with E-state index in [1.54, 1.807) is 0 Å². The normalized spacial score (nSPS) is 50.2. The van der Waals surface area contributed by atoms with Gasteiger partial charge in [-0.15, -0.1) is 0 Å². The van der Waals surface area contributed by atoms with Crippen molar-refractivity contribution in [1.29, 1.82) is 0 Å². The molecule has 110 valence electrons. The van der Waals surface area contributed by atoms with E-state index in [2.05, 4.69) is 10.2 Å². The van der Waals surface area contributed by atoms with E-state index in [4.69, 9.17) is 0 Å². The Kier molecular flexibility index (Phi) is 2.40. The average molecular weight is 274 g/mol. The van der Waals surface area contributed by atoms with Crippen LogP contribution in [0.2, 0.25) is 0 Å². The fourth-order valence-electron chi connectivity index (χ4n) is 6.24. The van der Waals surface area contributed by atoms with Crippen LogP contribution in [0.1, 0.15) is 57.8 Å². The van der Waals surface area contributed by atoms with E-state index in [9.17, 15) is 4.79 Å². The largest absolute Gasteiger partial charge is 0.336 e. The number of hydrogen-bond donors (Lipinski definition) is 1. The van der Waals surface area contributed by atoms with E-state index in [1.165, 1.54) is 51.4 Å². The van der Waals surface area contributed by atoms with Crippen molar-refractivity contribution in [2.45, 2.75) is 75.4 Å². The summed E-state index contributed by atoms with van der Waals surface area (Å²) >= 11 is 0. The van der Waals surface area contributed by atoms with Gasteiger partial charge in [-0.25, -0.2) is 0 Å². The summed E-state index contributed by atoms with van der Waals surface area (Å²) in [6.45, 7) is 1.02. The predicted molar refractivity (Wildman–Crippen MR) is 77.2 cm³/mol. The SMILES string of the molecule is O=C1C(NC2CC2)CCN1C12CC3CC(CC(C3)C1)C2. The zero-order valence-electron chi connectivity index (χ0n) is 12.3. The maximum atomic E-state index is 12.8. The molecule has 5 aliphatic carbocycles. The molecule has 20 heavy (non-hydrogen) atoms. The lowest BCUT2D eigenvalue weighted by molar-refractivity contribution is -0.146. The van der Waals surface area contributed by atoms with Gasteiger partial charge in [0.2, 0.25) is 5.91 Å². The lowest BCUT2D eigenvalue weighted by Gasteiger charge is -2.59.